The van der Waals surface area contributed by atoms with Crippen molar-refractivity contribution in [1.29, 1.82) is 0 Å². The van der Waals surface area contributed by atoms with Crippen LogP contribution in [0.5, 0.6) is 0 Å². The number of carboxylic acids is 2. The van der Waals surface area contributed by atoms with Crippen LogP contribution in [0.1, 0.15) is 57.4 Å². The molecule has 298 valence electrons. The number of benzene rings is 1. The third-order valence-electron chi connectivity index (χ3n) is 9.63. The predicted molar refractivity (Wildman–Crippen MR) is 192 cm³/mol. The maximum absolute atomic E-state index is 13.8. The van der Waals surface area contributed by atoms with Gasteiger partial charge in [-0.15, -0.1) is 0 Å². The van der Waals surface area contributed by atoms with Crippen LogP contribution in [-0.2, 0) is 49.6 Å². The van der Waals surface area contributed by atoms with Gasteiger partial charge in [0.2, 0.25) is 41.4 Å². The number of aromatic nitrogens is 1. The van der Waals surface area contributed by atoms with Crippen molar-refractivity contribution in [3.8, 4) is 0 Å². The minimum atomic E-state index is -1.61. The van der Waals surface area contributed by atoms with E-state index in [4.69, 9.17) is 11.5 Å². The molecule has 0 unspecified atom stereocenters. The molecule has 2 aliphatic rings. The van der Waals surface area contributed by atoms with Gasteiger partial charge in [-0.05, 0) is 50.7 Å². The zero-order chi connectivity index (χ0) is 40.4. The number of aliphatic carboxylic acids is 2. The van der Waals surface area contributed by atoms with E-state index in [0.717, 1.165) is 15.8 Å². The highest BCUT2D eigenvalue weighted by molar-refractivity contribution is 5.98. The van der Waals surface area contributed by atoms with Gasteiger partial charge in [-0.25, -0.2) is 4.79 Å². The average molecular weight is 770 g/mol. The Morgan fingerprint density at radius 3 is 2.13 bits per heavy atom. The first-order chi connectivity index (χ1) is 26.1. The van der Waals surface area contributed by atoms with E-state index in [-0.39, 0.29) is 45.2 Å². The highest BCUT2D eigenvalue weighted by Crippen LogP contribution is 2.23. The van der Waals surface area contributed by atoms with Crippen LogP contribution in [0.25, 0.3) is 10.9 Å². The summed E-state index contributed by atoms with van der Waals surface area (Å²) >= 11 is 0. The van der Waals surface area contributed by atoms with Crippen molar-refractivity contribution in [1.82, 2.24) is 36.1 Å². The first kappa shape index (κ1) is 41.7. The van der Waals surface area contributed by atoms with E-state index in [0.29, 0.717) is 18.4 Å². The van der Waals surface area contributed by atoms with Gasteiger partial charge in [0.1, 0.15) is 30.2 Å². The van der Waals surface area contributed by atoms with Crippen molar-refractivity contribution in [3.05, 3.63) is 36.0 Å². The third-order valence-corrected chi connectivity index (χ3v) is 9.63. The Labute approximate surface area is 315 Å². The molecule has 0 saturated carbocycles. The Kier molecular flexibility index (Phi) is 14.3. The molecule has 20 heteroatoms. The van der Waals surface area contributed by atoms with Crippen LogP contribution >= 0.6 is 0 Å². The number of nitrogens with one attached hydrogen (secondary N) is 5. The number of aromatic amines is 1. The van der Waals surface area contributed by atoms with Crippen LogP contribution in [0, 0.1) is 0 Å². The van der Waals surface area contributed by atoms with Crippen LogP contribution in [0.2, 0.25) is 0 Å². The van der Waals surface area contributed by atoms with E-state index in [1.165, 1.54) is 11.8 Å². The molecule has 4 rings (SSSR count). The largest absolute Gasteiger partial charge is 0.481 e. The topological polar surface area (TPSA) is 317 Å². The third kappa shape index (κ3) is 11.0. The van der Waals surface area contributed by atoms with Crippen LogP contribution < -0.4 is 32.7 Å². The zero-order valence-electron chi connectivity index (χ0n) is 30.2. The second-order valence-corrected chi connectivity index (χ2v) is 13.6. The van der Waals surface area contributed by atoms with Crippen LogP contribution in [0.3, 0.4) is 0 Å². The molecule has 55 heavy (non-hydrogen) atoms. The van der Waals surface area contributed by atoms with Gasteiger partial charge >= 0.3 is 11.9 Å². The summed E-state index contributed by atoms with van der Waals surface area (Å²) in [6, 6.07) is -0.123. The molecule has 0 aliphatic carbocycles. The molecular weight excluding hydrogens is 722 g/mol. The lowest BCUT2D eigenvalue weighted by atomic mass is 10.0. The minimum Gasteiger partial charge on any atom is -0.481 e. The highest BCUT2D eigenvalue weighted by atomic mass is 16.4. The summed E-state index contributed by atoms with van der Waals surface area (Å²) in [6.07, 6.45) is 1.72. The molecule has 6 atom stereocenters. The number of carbonyl (C=O) groups excluding carboxylic acids is 7. The number of fused-ring (bicyclic) bond motifs is 1. The quantitative estimate of drug-likeness (QED) is 0.0756. The molecule has 2 saturated heterocycles. The van der Waals surface area contributed by atoms with E-state index < -0.39 is 103 Å². The summed E-state index contributed by atoms with van der Waals surface area (Å²) in [5, 5.41) is 30.1. The molecule has 20 nitrogen and oxygen atoms in total. The number of carbonyl (C=O) groups is 9. The summed E-state index contributed by atoms with van der Waals surface area (Å²) in [5.41, 5.74) is 12.2. The van der Waals surface area contributed by atoms with Gasteiger partial charge in [0.15, 0.2) is 0 Å². The first-order valence-corrected chi connectivity index (χ1v) is 17.9. The van der Waals surface area contributed by atoms with Gasteiger partial charge in [0, 0.05) is 43.0 Å². The summed E-state index contributed by atoms with van der Waals surface area (Å²) < 4.78 is 0. The molecule has 0 radical (unpaired) electrons. The smallest absolute Gasteiger partial charge is 0.326 e. The van der Waals surface area contributed by atoms with Gasteiger partial charge in [-0.2, -0.15) is 0 Å². The fraction of sp³-hybridized carbons (Fsp3) is 0.514. The fourth-order valence-corrected chi connectivity index (χ4v) is 6.70. The Morgan fingerprint density at radius 2 is 1.49 bits per heavy atom. The van der Waals surface area contributed by atoms with Crippen molar-refractivity contribution in [3.63, 3.8) is 0 Å². The Balaban J connectivity index is 1.35. The molecule has 11 N–H and O–H groups in total. The molecule has 3 heterocycles. The number of amides is 7. The molecule has 0 bridgehead atoms. The van der Waals surface area contributed by atoms with Crippen LogP contribution in [-0.4, -0.2) is 134 Å². The van der Waals surface area contributed by atoms with Crippen molar-refractivity contribution >= 4 is 64.2 Å². The Hall–Kier alpha value is -6.05. The summed E-state index contributed by atoms with van der Waals surface area (Å²) in [5.74, 6) is -7.85. The summed E-state index contributed by atoms with van der Waals surface area (Å²) in [6.45, 7) is 0.989. The lowest BCUT2D eigenvalue weighted by Gasteiger charge is -2.30. The molecule has 2 aromatic rings. The minimum absolute atomic E-state index is 0.0282. The van der Waals surface area contributed by atoms with Crippen LogP contribution in [0.15, 0.2) is 30.5 Å². The number of hydrogen-bond donors (Lipinski definition) is 9. The maximum Gasteiger partial charge on any atom is 0.326 e. The predicted octanol–water partition coefficient (Wildman–Crippen LogP) is -2.57. The van der Waals surface area contributed by atoms with Gasteiger partial charge in [-0.3, -0.25) is 38.4 Å². The lowest BCUT2D eigenvalue weighted by Crippen LogP contribution is -2.58. The number of rotatable bonds is 18. The number of primary amides is 1. The average Bonchev–Trinajstić information content (AvgIpc) is 3.92. The maximum atomic E-state index is 13.8. The zero-order valence-corrected chi connectivity index (χ0v) is 30.2. The van der Waals surface area contributed by atoms with Crippen molar-refractivity contribution < 1.29 is 53.4 Å². The standard InChI is InChI=1S/C35H47N9O11/c1-18(40-31(50)21(36)10-11-27(37)45)30(49)39-17-28(46)43-12-4-8-25(43)32(51)41-23(15-29(47)48)34(53)44-13-5-9-26(44)33(52)42-24(35(54)55)14-19-16-38-22-7-3-2-6-20(19)22/h2-3,6-7,16,18,21,23-26,38H,4-5,8-15,17,36H2,1H3,(H2,37,45)(H,39,49)(H,40,50)(H,41,51)(H,42,52)(H,47,48)(H,54,55)/t18-,21-,23-,24-,25-,26-/m0/s1. The summed E-state index contributed by atoms with van der Waals surface area (Å²) in [7, 11) is 0. The van der Waals surface area contributed by atoms with E-state index in [1.54, 1.807) is 12.3 Å². The molecular formula is C35H47N9O11. The SMILES string of the molecule is C[C@H](NC(=O)[C@@H](N)CCC(N)=O)C(=O)NCC(=O)N1CCC[C@H]1C(=O)N[C@@H](CC(=O)O)C(=O)N1CCC[C@H]1C(=O)N[C@@H](Cc1c[nH]c2ccccc12)C(=O)O. The number of hydrogen-bond acceptors (Lipinski definition) is 10. The highest BCUT2D eigenvalue weighted by Gasteiger charge is 2.41. The van der Waals surface area contributed by atoms with Crippen molar-refractivity contribution in [2.24, 2.45) is 11.5 Å². The molecule has 1 aromatic carbocycles. The normalized spacial score (nSPS) is 18.8. The van der Waals surface area contributed by atoms with E-state index in [1.807, 2.05) is 18.2 Å². The Bertz CT molecular complexity index is 1810. The number of para-hydroxylation sites is 1. The fourth-order valence-electron chi connectivity index (χ4n) is 6.70. The van der Waals surface area contributed by atoms with E-state index >= 15 is 0 Å². The number of nitrogens with two attached hydrogens (primary N) is 2. The van der Waals surface area contributed by atoms with Gasteiger partial charge in [0.05, 0.1) is 19.0 Å². The second-order valence-electron chi connectivity index (χ2n) is 13.6. The monoisotopic (exact) mass is 769 g/mol. The van der Waals surface area contributed by atoms with Gasteiger partial charge in [-0.1, -0.05) is 18.2 Å². The van der Waals surface area contributed by atoms with E-state index in [2.05, 4.69) is 26.3 Å². The van der Waals surface area contributed by atoms with Gasteiger partial charge < -0.3 is 57.7 Å². The summed E-state index contributed by atoms with van der Waals surface area (Å²) in [4.78, 5) is 119. The molecule has 2 aliphatic heterocycles. The van der Waals surface area contributed by atoms with E-state index in [9.17, 15) is 53.4 Å². The number of H-pyrrole nitrogens is 1. The van der Waals surface area contributed by atoms with Crippen molar-refractivity contribution in [2.45, 2.75) is 94.5 Å². The number of nitrogens with zero attached hydrogens (tertiary/aromatic N) is 2. The molecule has 1 aromatic heterocycles. The number of likely N-dealkylation sites (tertiary alicyclic amines) is 2. The Morgan fingerprint density at radius 1 is 0.873 bits per heavy atom. The number of carboxylic acid groups (broad SMARTS) is 2. The van der Waals surface area contributed by atoms with Gasteiger partial charge in [0.25, 0.3) is 0 Å². The molecule has 0 spiro atoms. The lowest BCUT2D eigenvalue weighted by molar-refractivity contribution is -0.148. The molecule has 2 fully saturated rings. The van der Waals surface area contributed by atoms with Crippen molar-refractivity contribution in [2.75, 3.05) is 19.6 Å². The van der Waals surface area contributed by atoms with Crippen LogP contribution in [0.4, 0.5) is 0 Å². The second kappa shape index (κ2) is 18.8. The molecule has 7 amide bonds. The first-order valence-electron chi connectivity index (χ1n) is 17.9.